The summed E-state index contributed by atoms with van der Waals surface area (Å²) in [6, 6.07) is 11.0. The van der Waals surface area contributed by atoms with Gasteiger partial charge in [-0.2, -0.15) is 0 Å². The van der Waals surface area contributed by atoms with Crippen LogP contribution in [0.3, 0.4) is 0 Å². The number of amides is 1. The molecule has 2 saturated heterocycles. The number of H-pyrrole nitrogens is 1. The number of alkyl halides is 2. The molecule has 1 saturated carbocycles. The maximum absolute atomic E-state index is 15.4. The molecule has 1 aliphatic carbocycles. The molecule has 5 heterocycles. The zero-order valence-electron chi connectivity index (χ0n) is 22.8. The van der Waals surface area contributed by atoms with Gasteiger partial charge in [-0.1, -0.05) is 0 Å². The third kappa shape index (κ3) is 4.55. The summed E-state index contributed by atoms with van der Waals surface area (Å²) in [5, 5.41) is 3.49. The normalized spacial score (nSPS) is 21.4. The van der Waals surface area contributed by atoms with E-state index in [9.17, 15) is 18.4 Å². The highest BCUT2D eigenvalue weighted by Gasteiger charge is 2.72. The third-order valence-corrected chi connectivity index (χ3v) is 8.59. The Morgan fingerprint density at radius 3 is 2.50 bits per heavy atom. The first-order chi connectivity index (χ1) is 20.2. The highest BCUT2D eigenvalue weighted by atomic mass is 19.3. The van der Waals surface area contributed by atoms with Crippen LogP contribution in [0.15, 0.2) is 59.7 Å². The van der Waals surface area contributed by atoms with E-state index in [4.69, 9.17) is 0 Å². The van der Waals surface area contributed by atoms with E-state index in [0.717, 1.165) is 37.9 Å². The molecule has 0 spiro atoms. The number of nitrogens with zero attached hydrogens (tertiary/aromatic N) is 5. The van der Waals surface area contributed by atoms with Crippen molar-refractivity contribution in [2.75, 3.05) is 56.5 Å². The van der Waals surface area contributed by atoms with Crippen molar-refractivity contribution in [1.29, 1.82) is 0 Å². The van der Waals surface area contributed by atoms with Gasteiger partial charge in [-0.3, -0.25) is 9.59 Å². The molecule has 42 heavy (non-hydrogen) atoms. The number of aromatic nitrogens is 3. The van der Waals surface area contributed by atoms with Gasteiger partial charge >= 0.3 is 0 Å². The Kier molecular flexibility index (Phi) is 6.19. The summed E-state index contributed by atoms with van der Waals surface area (Å²) in [5.74, 6) is -4.98. The van der Waals surface area contributed by atoms with Crippen LogP contribution in [0.4, 0.5) is 30.4 Å². The van der Waals surface area contributed by atoms with Crippen molar-refractivity contribution >= 4 is 34.0 Å². The molecular formula is C30H28F3N7O2. The molecule has 2 atom stereocenters. The molecule has 2 N–H and O–H groups in total. The summed E-state index contributed by atoms with van der Waals surface area (Å²) in [6.07, 6.45) is 3.25. The lowest BCUT2D eigenvalue weighted by Crippen LogP contribution is -2.44. The number of carbonyl (C=O) groups is 1. The van der Waals surface area contributed by atoms with Crippen molar-refractivity contribution < 1.29 is 18.0 Å². The average Bonchev–Trinajstić information content (AvgIpc) is 3.28. The second-order valence-corrected chi connectivity index (χ2v) is 11.2. The van der Waals surface area contributed by atoms with E-state index >= 15 is 4.39 Å². The first-order valence-electron chi connectivity index (χ1n) is 13.8. The largest absolute Gasteiger partial charge is 0.368 e. The molecule has 4 aromatic rings. The first-order valence-corrected chi connectivity index (χ1v) is 13.8. The molecule has 3 aliphatic rings. The zero-order chi connectivity index (χ0) is 29.2. The number of carbonyl (C=O) groups excluding carboxylic acids is 1. The molecule has 1 amide bonds. The van der Waals surface area contributed by atoms with Gasteiger partial charge < -0.3 is 25.0 Å². The number of fused-ring (bicyclic) bond motifs is 2. The van der Waals surface area contributed by atoms with Crippen LogP contribution in [-0.2, 0) is 0 Å². The molecule has 0 radical (unpaired) electrons. The van der Waals surface area contributed by atoms with Gasteiger partial charge in [-0.25, -0.2) is 23.1 Å². The maximum Gasteiger partial charge on any atom is 0.259 e. The Morgan fingerprint density at radius 2 is 1.81 bits per heavy atom. The molecule has 3 aromatic heterocycles. The number of nitrogens with one attached hydrogen (secondary N) is 2. The molecule has 7 rings (SSSR count). The molecule has 1 aromatic carbocycles. The zero-order valence-corrected chi connectivity index (χ0v) is 22.8. The lowest BCUT2D eigenvalue weighted by Gasteiger charge is -2.33. The van der Waals surface area contributed by atoms with Gasteiger partial charge in [0, 0.05) is 56.6 Å². The Labute approximate surface area is 239 Å². The van der Waals surface area contributed by atoms with Gasteiger partial charge in [0.1, 0.15) is 11.6 Å². The minimum absolute atomic E-state index is 0.0277. The molecule has 3 fully saturated rings. The number of hydrogen-bond acceptors (Lipinski definition) is 7. The van der Waals surface area contributed by atoms with Gasteiger partial charge in [0.15, 0.2) is 0 Å². The van der Waals surface area contributed by atoms with Crippen molar-refractivity contribution in [2.24, 2.45) is 11.8 Å². The second-order valence-electron chi connectivity index (χ2n) is 11.2. The summed E-state index contributed by atoms with van der Waals surface area (Å²) < 4.78 is 42.6. The fourth-order valence-electron chi connectivity index (χ4n) is 5.99. The number of likely N-dealkylation sites (N-methyl/N-ethyl adjacent to an activating group) is 1. The van der Waals surface area contributed by atoms with Gasteiger partial charge in [0.2, 0.25) is 0 Å². The van der Waals surface area contributed by atoms with Crippen LogP contribution in [0.1, 0.15) is 10.4 Å². The lowest BCUT2D eigenvalue weighted by molar-refractivity contribution is 0.0458. The third-order valence-electron chi connectivity index (χ3n) is 8.59. The van der Waals surface area contributed by atoms with Crippen LogP contribution >= 0.6 is 0 Å². The van der Waals surface area contributed by atoms with E-state index in [0.29, 0.717) is 22.4 Å². The Hall–Kier alpha value is -4.45. The standard InChI is InChI=1S/C30H28F3N7O2/c1-38-8-10-39(11-9-38)18-3-5-26(35-14-18)37-25-13-24(36-23-6-7-34-28(41)27(23)25)19-4-2-17(12-22(19)31)29(42)40-15-20-21(16-40)30(20,32)33/h2-7,12-14,20-21H,8-11,15-16H2,1H3,(H,34,41)(H,35,36,37). The molecule has 0 bridgehead atoms. The molecule has 2 unspecified atom stereocenters. The van der Waals surface area contributed by atoms with Crippen LogP contribution in [0.5, 0.6) is 0 Å². The van der Waals surface area contributed by atoms with Gasteiger partial charge in [0.25, 0.3) is 17.4 Å². The summed E-state index contributed by atoms with van der Waals surface area (Å²) in [7, 11) is 2.10. The number of halogens is 3. The van der Waals surface area contributed by atoms with E-state index in [-0.39, 0.29) is 35.5 Å². The van der Waals surface area contributed by atoms with Crippen molar-refractivity contribution in [3.63, 3.8) is 0 Å². The van der Waals surface area contributed by atoms with E-state index < -0.39 is 29.5 Å². The monoisotopic (exact) mass is 575 g/mol. The minimum Gasteiger partial charge on any atom is -0.368 e. The molecule has 2 aliphatic heterocycles. The van der Waals surface area contributed by atoms with Crippen LogP contribution in [0.2, 0.25) is 0 Å². The van der Waals surface area contributed by atoms with Crippen molar-refractivity contribution in [3.05, 3.63) is 76.6 Å². The quantitative estimate of drug-likeness (QED) is 0.372. The number of piperazine rings is 1. The average molecular weight is 576 g/mol. The van der Waals surface area contributed by atoms with E-state index in [2.05, 4.69) is 37.1 Å². The topological polar surface area (TPSA) is 97.5 Å². The Balaban J connectivity index is 1.16. The molecular weight excluding hydrogens is 547 g/mol. The summed E-state index contributed by atoms with van der Waals surface area (Å²) in [6.45, 7) is 3.70. The summed E-state index contributed by atoms with van der Waals surface area (Å²) in [4.78, 5) is 43.3. The number of aromatic amines is 1. The molecule has 9 nitrogen and oxygen atoms in total. The smallest absolute Gasteiger partial charge is 0.259 e. The van der Waals surface area contributed by atoms with Crippen molar-refractivity contribution in [2.45, 2.75) is 5.92 Å². The predicted octanol–water partition coefficient (Wildman–Crippen LogP) is 3.96. The minimum atomic E-state index is -2.71. The Bertz CT molecular complexity index is 1740. The second kappa shape index (κ2) is 9.83. The molecule has 12 heteroatoms. The summed E-state index contributed by atoms with van der Waals surface area (Å²) >= 11 is 0. The number of rotatable bonds is 5. The fraction of sp³-hybridized carbons (Fsp3) is 0.333. The number of likely N-dealkylation sites (tertiary alicyclic amines) is 1. The predicted molar refractivity (Wildman–Crippen MR) is 153 cm³/mol. The molecule has 216 valence electrons. The number of anilines is 3. The van der Waals surface area contributed by atoms with Crippen molar-refractivity contribution in [1.82, 2.24) is 24.8 Å². The van der Waals surface area contributed by atoms with Crippen molar-refractivity contribution in [3.8, 4) is 11.3 Å². The van der Waals surface area contributed by atoms with Gasteiger partial charge in [0.05, 0.1) is 46.0 Å². The van der Waals surface area contributed by atoms with Crippen LogP contribution in [0.25, 0.3) is 22.2 Å². The lowest BCUT2D eigenvalue weighted by atomic mass is 10.0. The van der Waals surface area contributed by atoms with E-state index in [1.54, 1.807) is 18.3 Å². The maximum atomic E-state index is 15.4. The van der Waals surface area contributed by atoms with Crippen LogP contribution in [0, 0.1) is 17.7 Å². The van der Waals surface area contributed by atoms with Crippen LogP contribution in [-0.4, -0.2) is 82.9 Å². The van der Waals surface area contributed by atoms with Crippen LogP contribution < -0.4 is 15.8 Å². The SMILES string of the molecule is CN1CCN(c2ccc(Nc3cc(-c4ccc(C(=O)N5CC6C(C5)C6(F)F)cc4F)nc4cc[nH]c(=O)c34)nc2)CC1. The fourth-order valence-corrected chi connectivity index (χ4v) is 5.99. The Morgan fingerprint density at radius 1 is 1.05 bits per heavy atom. The number of piperidine rings is 1. The number of benzene rings is 1. The number of hydrogen-bond donors (Lipinski definition) is 2. The highest BCUT2D eigenvalue weighted by Crippen LogP contribution is 2.59. The first kappa shape index (κ1) is 26.4. The summed E-state index contributed by atoms with van der Waals surface area (Å²) in [5.41, 5.74) is 1.86. The van der Waals surface area contributed by atoms with Gasteiger partial charge in [-0.05, 0) is 49.5 Å². The highest BCUT2D eigenvalue weighted by molar-refractivity contribution is 5.96. The van der Waals surface area contributed by atoms with E-state index in [1.807, 2.05) is 12.1 Å². The van der Waals surface area contributed by atoms with E-state index in [1.165, 1.54) is 23.2 Å². The van der Waals surface area contributed by atoms with Gasteiger partial charge in [-0.15, -0.1) is 0 Å². The number of pyridine rings is 3.